The van der Waals surface area contributed by atoms with Crippen LogP contribution in [0.4, 0.5) is 5.69 Å². The van der Waals surface area contributed by atoms with Gasteiger partial charge in [-0.15, -0.1) is 5.10 Å². The van der Waals surface area contributed by atoms with Crippen molar-refractivity contribution in [1.82, 2.24) is 20.2 Å². The van der Waals surface area contributed by atoms with E-state index in [9.17, 15) is 0 Å². The lowest BCUT2D eigenvalue weighted by Crippen LogP contribution is -2.33. The van der Waals surface area contributed by atoms with Gasteiger partial charge in [0.05, 0.1) is 21.9 Å². The lowest BCUT2D eigenvalue weighted by atomic mass is 10.2. The Morgan fingerprint density at radius 3 is 2.23 bits per heavy atom. The van der Waals surface area contributed by atoms with Gasteiger partial charge in [-0.05, 0) is 40.2 Å². The maximum Gasteiger partial charge on any atom is 0.242 e. The number of aromatic nitrogens is 3. The Kier molecular flexibility index (Phi) is 15.4. The minimum atomic E-state index is 0.240. The summed E-state index contributed by atoms with van der Waals surface area (Å²) in [5, 5.41) is 8.60. The number of fused-ring (bicyclic) bond motifs is 1. The molecule has 0 aliphatic carbocycles. The highest BCUT2D eigenvalue weighted by Gasteiger charge is 2.19. The summed E-state index contributed by atoms with van der Waals surface area (Å²) in [6, 6.07) is 9.23. The van der Waals surface area contributed by atoms with Gasteiger partial charge in [0.2, 0.25) is 5.90 Å². The number of aliphatic imine (C=N–C) groups is 1. The van der Waals surface area contributed by atoms with E-state index in [1.807, 2.05) is 36.5 Å². The predicted octanol–water partition coefficient (Wildman–Crippen LogP) is 7.84. The Balaban J connectivity index is 0.000000440. The van der Waals surface area contributed by atoms with E-state index in [0.29, 0.717) is 42.1 Å². The fraction of sp³-hybridized carbons (Fsp3) is 0.467. The summed E-state index contributed by atoms with van der Waals surface area (Å²) in [4.78, 5) is 8.94. The quantitative estimate of drug-likeness (QED) is 0.314. The number of pyridine rings is 1. The first-order valence-corrected chi connectivity index (χ1v) is 14.9. The van der Waals surface area contributed by atoms with Gasteiger partial charge in [-0.25, -0.2) is 14.7 Å². The van der Waals surface area contributed by atoms with Gasteiger partial charge in [0.15, 0.2) is 23.2 Å². The first kappa shape index (κ1) is 32.8. The standard InChI is InChI=1S/C19H15BrN6O3.C5H12.2C3H8/c20-12-9-22-26(10-12)18-14(2-1-5-21-18)19-25-24-17(11-29-19)23-13-3-4-15-16(8-13)28-7-6-27-15;1-3-5-4-2;2*1-3-2/h1-5,8-10H,6-7,11H2,(H,23,24);3-5H2,1-2H3;2*3H2,1-2H3. The van der Waals surface area contributed by atoms with E-state index in [1.54, 1.807) is 17.1 Å². The number of nitrogens with one attached hydrogen (secondary N) is 1. The van der Waals surface area contributed by atoms with E-state index in [0.717, 1.165) is 15.9 Å². The molecule has 9 nitrogen and oxygen atoms in total. The molecule has 0 atom stereocenters. The van der Waals surface area contributed by atoms with E-state index in [4.69, 9.17) is 14.2 Å². The summed E-state index contributed by atoms with van der Waals surface area (Å²) in [7, 11) is 0. The van der Waals surface area contributed by atoms with Crippen molar-refractivity contribution in [3.63, 3.8) is 0 Å². The van der Waals surface area contributed by atoms with Crippen molar-refractivity contribution in [1.29, 1.82) is 0 Å². The number of rotatable bonds is 5. The number of halogens is 1. The van der Waals surface area contributed by atoms with Gasteiger partial charge in [0.1, 0.15) is 19.8 Å². The summed E-state index contributed by atoms with van der Waals surface area (Å²) in [6.45, 7) is 14.2. The summed E-state index contributed by atoms with van der Waals surface area (Å²) < 4.78 is 19.5. The Morgan fingerprint density at radius 1 is 0.950 bits per heavy atom. The molecule has 0 saturated heterocycles. The summed E-state index contributed by atoms with van der Waals surface area (Å²) in [6.07, 6.45) is 11.8. The van der Waals surface area contributed by atoms with E-state index < -0.39 is 0 Å². The first-order valence-electron chi connectivity index (χ1n) is 14.1. The number of hydrogen-bond acceptors (Lipinski definition) is 7. The van der Waals surface area contributed by atoms with Gasteiger partial charge in [0.25, 0.3) is 0 Å². The average molecular weight is 616 g/mol. The van der Waals surface area contributed by atoms with Crippen molar-refractivity contribution in [2.24, 2.45) is 10.1 Å². The van der Waals surface area contributed by atoms with Crippen LogP contribution < -0.4 is 14.9 Å². The Bertz CT molecular complexity index is 1210. The second kappa shape index (κ2) is 18.8. The molecular weight excluding hydrogens is 572 g/mol. The van der Waals surface area contributed by atoms with Crippen molar-refractivity contribution in [3.8, 4) is 17.3 Å². The average Bonchev–Trinajstić information content (AvgIpc) is 3.41. The van der Waals surface area contributed by atoms with Crippen LogP contribution in [0.25, 0.3) is 5.82 Å². The highest BCUT2D eigenvalue weighted by atomic mass is 79.9. The summed E-state index contributed by atoms with van der Waals surface area (Å²) in [5.74, 6) is 3.02. The van der Waals surface area contributed by atoms with Gasteiger partial charge >= 0.3 is 0 Å². The molecule has 0 amide bonds. The highest BCUT2D eigenvalue weighted by molar-refractivity contribution is 9.10. The molecule has 0 fully saturated rings. The molecule has 0 saturated carbocycles. The molecule has 10 heteroatoms. The van der Waals surface area contributed by atoms with E-state index in [2.05, 4.69) is 83.1 Å². The van der Waals surface area contributed by atoms with Crippen molar-refractivity contribution in [2.75, 3.05) is 19.8 Å². The second-order valence-electron chi connectivity index (χ2n) is 8.95. The summed E-state index contributed by atoms with van der Waals surface area (Å²) in [5.41, 5.74) is 4.40. The molecule has 2 aliphatic rings. The lowest BCUT2D eigenvalue weighted by molar-refractivity contribution is 0.171. The minimum absolute atomic E-state index is 0.240. The molecule has 2 aromatic heterocycles. The zero-order chi connectivity index (χ0) is 29.2. The normalized spacial score (nSPS) is 14.1. The molecular formula is C30H43BrN6O3. The van der Waals surface area contributed by atoms with Crippen LogP contribution in [0.15, 0.2) is 63.5 Å². The minimum Gasteiger partial charge on any atom is -0.486 e. The van der Waals surface area contributed by atoms with E-state index in [-0.39, 0.29) is 6.61 Å². The largest absolute Gasteiger partial charge is 0.486 e. The van der Waals surface area contributed by atoms with Gasteiger partial charge in [-0.3, -0.25) is 5.43 Å². The highest BCUT2D eigenvalue weighted by Crippen LogP contribution is 2.33. The lowest BCUT2D eigenvalue weighted by Gasteiger charge is -2.19. The number of unbranched alkanes of at least 4 members (excludes halogenated alkanes) is 2. The van der Waals surface area contributed by atoms with Crippen LogP contribution >= 0.6 is 15.9 Å². The molecule has 0 spiro atoms. The number of hydrogen-bond donors (Lipinski definition) is 1. The zero-order valence-electron chi connectivity index (χ0n) is 24.6. The maximum atomic E-state index is 5.84. The van der Waals surface area contributed by atoms with Crippen LogP contribution in [-0.2, 0) is 4.74 Å². The number of ether oxygens (including phenoxy) is 3. The van der Waals surface area contributed by atoms with Gasteiger partial charge in [-0.2, -0.15) is 5.10 Å². The van der Waals surface area contributed by atoms with Crippen molar-refractivity contribution in [2.45, 2.75) is 73.6 Å². The SMILES string of the molecule is Brc1cnn(-c2ncccc2C2=NNC(=Nc3ccc4c(c3)OCCO4)CO2)c1.CCC.CCC.CCCCC. The molecule has 218 valence electrons. The van der Waals surface area contributed by atoms with E-state index in [1.165, 1.54) is 32.1 Å². The molecule has 0 radical (unpaired) electrons. The number of hydrazone groups is 1. The third-order valence-corrected chi connectivity index (χ3v) is 5.32. The van der Waals surface area contributed by atoms with Crippen molar-refractivity contribution >= 4 is 33.4 Å². The molecule has 1 aromatic carbocycles. The third kappa shape index (κ3) is 10.6. The van der Waals surface area contributed by atoms with Crippen LogP contribution in [0.3, 0.4) is 0 Å². The molecule has 5 rings (SSSR count). The number of benzene rings is 1. The predicted molar refractivity (Wildman–Crippen MR) is 166 cm³/mol. The third-order valence-electron chi connectivity index (χ3n) is 4.91. The number of amidine groups is 1. The molecule has 40 heavy (non-hydrogen) atoms. The Hall–Kier alpha value is -3.40. The van der Waals surface area contributed by atoms with Crippen LogP contribution in [0.1, 0.15) is 79.2 Å². The molecule has 3 aromatic rings. The zero-order valence-corrected chi connectivity index (χ0v) is 26.2. The van der Waals surface area contributed by atoms with Gasteiger partial charge < -0.3 is 14.2 Å². The molecule has 0 unspecified atom stereocenters. The summed E-state index contributed by atoms with van der Waals surface area (Å²) >= 11 is 3.39. The molecule has 4 heterocycles. The Morgan fingerprint density at radius 2 is 1.65 bits per heavy atom. The Labute approximate surface area is 247 Å². The fourth-order valence-corrected chi connectivity index (χ4v) is 3.57. The fourth-order valence-electron chi connectivity index (χ4n) is 3.29. The van der Waals surface area contributed by atoms with Crippen molar-refractivity contribution < 1.29 is 14.2 Å². The van der Waals surface area contributed by atoms with Crippen LogP contribution in [-0.4, -0.2) is 46.3 Å². The molecule has 2 aliphatic heterocycles. The molecule has 0 bridgehead atoms. The van der Waals surface area contributed by atoms with Crippen LogP contribution in [0.2, 0.25) is 0 Å². The first-order chi connectivity index (χ1) is 19.5. The monoisotopic (exact) mass is 614 g/mol. The van der Waals surface area contributed by atoms with Gasteiger partial charge in [-0.1, -0.05) is 73.6 Å². The topological polar surface area (TPSA) is 95.2 Å². The molecule has 1 N–H and O–H groups in total. The maximum absolute atomic E-state index is 5.84. The van der Waals surface area contributed by atoms with Gasteiger partial charge in [0, 0.05) is 18.5 Å². The second-order valence-corrected chi connectivity index (χ2v) is 9.87. The van der Waals surface area contributed by atoms with Crippen LogP contribution in [0.5, 0.6) is 11.5 Å². The van der Waals surface area contributed by atoms with Crippen molar-refractivity contribution in [3.05, 3.63) is 59.0 Å². The smallest absolute Gasteiger partial charge is 0.242 e. The number of nitrogens with zero attached hydrogens (tertiary/aromatic N) is 5. The van der Waals surface area contributed by atoms with Crippen LogP contribution in [0, 0.1) is 0 Å². The van der Waals surface area contributed by atoms with E-state index >= 15 is 0 Å².